The van der Waals surface area contributed by atoms with Crippen LogP contribution in [-0.2, 0) is 16.1 Å². The molecule has 55 heavy (non-hydrogen) atoms. The van der Waals surface area contributed by atoms with Crippen LogP contribution in [0, 0.1) is 0 Å². The van der Waals surface area contributed by atoms with Crippen LogP contribution in [0.15, 0.2) is 85.2 Å². The number of hydrogen-bond acceptors (Lipinski definition) is 10. The number of piperidine rings is 2. The number of carbonyl (C=O) groups excluding carboxylic acids is 1. The van der Waals surface area contributed by atoms with Crippen LogP contribution < -0.4 is 5.32 Å². The molecule has 5 heterocycles. The normalized spacial score (nSPS) is 15.5. The maximum atomic E-state index is 12.1. The highest BCUT2D eigenvalue weighted by molar-refractivity contribution is 5.81. The van der Waals surface area contributed by atoms with Gasteiger partial charge in [-0.3, -0.25) is 15.0 Å². The summed E-state index contributed by atoms with van der Waals surface area (Å²) in [6.45, 7) is 6.43. The van der Waals surface area contributed by atoms with Crippen molar-refractivity contribution in [2.75, 3.05) is 38.1 Å². The Kier molecular flexibility index (Phi) is 12.7. The van der Waals surface area contributed by atoms with E-state index in [1.165, 1.54) is 5.56 Å². The number of aromatic amines is 1. The number of nitrogens with zero attached hydrogens (tertiary/aromatic N) is 7. The third-order valence-electron chi connectivity index (χ3n) is 9.47. The van der Waals surface area contributed by atoms with Crippen molar-refractivity contribution in [2.45, 2.75) is 57.3 Å². The van der Waals surface area contributed by atoms with E-state index in [2.05, 4.69) is 61.8 Å². The van der Waals surface area contributed by atoms with Gasteiger partial charge in [0, 0.05) is 55.1 Å². The van der Waals surface area contributed by atoms with Gasteiger partial charge >= 0.3 is 18.2 Å². The third kappa shape index (κ3) is 10.4. The van der Waals surface area contributed by atoms with Crippen molar-refractivity contribution in [2.24, 2.45) is 0 Å². The monoisotopic (exact) mass is 757 g/mol. The lowest BCUT2D eigenvalue weighted by Crippen LogP contribution is -2.42. The molecular formula is C39H42F3N9O4. The smallest absolute Gasteiger partial charge is 0.475 e. The molecule has 0 spiro atoms. The molecule has 1 amide bonds. The maximum absolute atomic E-state index is 12.1. The van der Waals surface area contributed by atoms with Gasteiger partial charge < -0.3 is 20.1 Å². The molecule has 5 aromatic rings. The number of nitrogens with one attached hydrogen (secondary N) is 2. The van der Waals surface area contributed by atoms with Gasteiger partial charge in [0.2, 0.25) is 5.95 Å². The Bertz CT molecular complexity index is 2000. The summed E-state index contributed by atoms with van der Waals surface area (Å²) in [6.07, 6.45) is 2.06. The molecular weight excluding hydrogens is 715 g/mol. The van der Waals surface area contributed by atoms with E-state index in [0.717, 1.165) is 79.2 Å². The molecule has 2 saturated heterocycles. The highest BCUT2D eigenvalue weighted by Gasteiger charge is 2.38. The van der Waals surface area contributed by atoms with Crippen molar-refractivity contribution in [3.8, 4) is 33.9 Å². The Hall–Kier alpha value is -5.90. The van der Waals surface area contributed by atoms with Crippen LogP contribution in [0.25, 0.3) is 33.9 Å². The van der Waals surface area contributed by atoms with E-state index in [-0.39, 0.29) is 12.1 Å². The van der Waals surface area contributed by atoms with Gasteiger partial charge in [-0.05, 0) is 69.0 Å². The van der Waals surface area contributed by atoms with Crippen LogP contribution in [0.2, 0.25) is 0 Å². The molecule has 2 aromatic carbocycles. The lowest BCUT2D eigenvalue weighted by Gasteiger charge is -2.31. The largest absolute Gasteiger partial charge is 0.490 e. The Morgan fingerprint density at radius 1 is 0.891 bits per heavy atom. The fourth-order valence-electron chi connectivity index (χ4n) is 6.56. The van der Waals surface area contributed by atoms with Crippen molar-refractivity contribution in [1.29, 1.82) is 0 Å². The molecule has 0 radical (unpaired) electrons. The number of carboxylic acid groups (broad SMARTS) is 1. The number of benzene rings is 2. The summed E-state index contributed by atoms with van der Waals surface area (Å²) >= 11 is 0. The average Bonchev–Trinajstić information content (AvgIpc) is 3.70. The molecule has 2 aliphatic heterocycles. The molecule has 3 aromatic heterocycles. The summed E-state index contributed by atoms with van der Waals surface area (Å²) in [7, 11) is 0. The molecule has 0 unspecified atom stereocenters. The maximum Gasteiger partial charge on any atom is 0.490 e. The zero-order valence-electron chi connectivity index (χ0n) is 30.2. The van der Waals surface area contributed by atoms with E-state index in [1.54, 1.807) is 11.1 Å². The summed E-state index contributed by atoms with van der Waals surface area (Å²) < 4.78 is 36.9. The van der Waals surface area contributed by atoms with Crippen LogP contribution in [0.1, 0.15) is 49.9 Å². The van der Waals surface area contributed by atoms with Crippen LogP contribution in [0.4, 0.5) is 23.9 Å². The molecule has 288 valence electrons. The van der Waals surface area contributed by atoms with E-state index in [4.69, 9.17) is 29.6 Å². The summed E-state index contributed by atoms with van der Waals surface area (Å²) in [5.41, 5.74) is 6.08. The summed E-state index contributed by atoms with van der Waals surface area (Å²) in [5.74, 6) is -0.172. The number of aliphatic carboxylic acids is 1. The minimum Gasteiger partial charge on any atom is -0.475 e. The van der Waals surface area contributed by atoms with Crippen LogP contribution in [-0.4, -0.2) is 102 Å². The second-order valence-corrected chi connectivity index (χ2v) is 13.2. The molecule has 0 bridgehead atoms. The summed E-state index contributed by atoms with van der Waals surface area (Å²) in [4.78, 5) is 44.2. The first kappa shape index (κ1) is 38.8. The van der Waals surface area contributed by atoms with Gasteiger partial charge in [-0.15, -0.1) is 0 Å². The van der Waals surface area contributed by atoms with Gasteiger partial charge in [-0.1, -0.05) is 60.7 Å². The van der Waals surface area contributed by atoms with E-state index >= 15 is 0 Å². The first-order chi connectivity index (χ1) is 26.6. The zero-order valence-corrected chi connectivity index (χ0v) is 30.2. The van der Waals surface area contributed by atoms with Gasteiger partial charge in [0.25, 0.3) is 0 Å². The average molecular weight is 758 g/mol. The number of aromatic nitrogens is 6. The predicted molar refractivity (Wildman–Crippen MR) is 199 cm³/mol. The van der Waals surface area contributed by atoms with Crippen molar-refractivity contribution >= 4 is 18.0 Å². The van der Waals surface area contributed by atoms with Crippen molar-refractivity contribution in [3.05, 3.63) is 96.6 Å². The number of carbonyl (C=O) groups is 2. The van der Waals surface area contributed by atoms with E-state index in [1.807, 2.05) is 49.5 Å². The van der Waals surface area contributed by atoms with Gasteiger partial charge in [0.05, 0.1) is 12.3 Å². The van der Waals surface area contributed by atoms with E-state index < -0.39 is 12.1 Å². The first-order valence-corrected chi connectivity index (χ1v) is 18.1. The number of H-pyrrole nitrogens is 1. The number of ether oxygens (including phenoxy) is 1. The quantitative estimate of drug-likeness (QED) is 0.141. The molecule has 0 saturated carbocycles. The Balaban J connectivity index is 0.000000672. The SMILES string of the molecule is CCOC(=O)N1CCC(Nc2ncc(-c3ccccc3)c(-c3ccc(CN4CCC(c5nc(-c6ccccn6)n[nH]5)CC4)cc3)n2)CC1.O=C(O)C(F)(F)F. The second kappa shape index (κ2) is 18.0. The van der Waals surface area contributed by atoms with E-state index in [9.17, 15) is 18.0 Å². The van der Waals surface area contributed by atoms with Crippen LogP contribution in [0.5, 0.6) is 0 Å². The van der Waals surface area contributed by atoms with Crippen molar-refractivity contribution in [3.63, 3.8) is 0 Å². The fourth-order valence-corrected chi connectivity index (χ4v) is 6.56. The van der Waals surface area contributed by atoms with Crippen molar-refractivity contribution in [1.82, 2.24) is 39.9 Å². The third-order valence-corrected chi connectivity index (χ3v) is 9.47. The molecule has 16 heteroatoms. The lowest BCUT2D eigenvalue weighted by molar-refractivity contribution is -0.192. The highest BCUT2D eigenvalue weighted by atomic mass is 19.4. The molecule has 0 aliphatic carbocycles. The number of pyridine rings is 1. The predicted octanol–water partition coefficient (Wildman–Crippen LogP) is 7.04. The molecule has 2 aliphatic rings. The number of halogens is 3. The summed E-state index contributed by atoms with van der Waals surface area (Å²) in [5, 5.41) is 18.2. The van der Waals surface area contributed by atoms with Gasteiger partial charge in [0.1, 0.15) is 11.5 Å². The fraction of sp³-hybridized carbons (Fsp3) is 0.359. The second-order valence-electron chi connectivity index (χ2n) is 13.2. The number of alkyl halides is 3. The number of anilines is 1. The minimum atomic E-state index is -5.08. The number of hydrogen-bond donors (Lipinski definition) is 3. The Labute approximate surface area is 316 Å². The molecule has 7 rings (SSSR count). The first-order valence-electron chi connectivity index (χ1n) is 18.1. The molecule has 13 nitrogen and oxygen atoms in total. The Morgan fingerprint density at radius 3 is 2.22 bits per heavy atom. The zero-order chi connectivity index (χ0) is 38.8. The van der Waals surface area contributed by atoms with Gasteiger partial charge in [-0.2, -0.15) is 18.3 Å². The lowest BCUT2D eigenvalue weighted by atomic mass is 9.95. The van der Waals surface area contributed by atoms with Gasteiger partial charge in [-0.25, -0.2) is 24.5 Å². The number of rotatable bonds is 9. The highest BCUT2D eigenvalue weighted by Crippen LogP contribution is 2.32. The minimum absolute atomic E-state index is 0.185. The number of amides is 1. The van der Waals surface area contributed by atoms with E-state index in [0.29, 0.717) is 37.4 Å². The van der Waals surface area contributed by atoms with Crippen molar-refractivity contribution < 1.29 is 32.6 Å². The molecule has 0 atom stereocenters. The summed E-state index contributed by atoms with van der Waals surface area (Å²) in [6, 6.07) is 25.0. The molecule has 2 fully saturated rings. The number of carboxylic acids is 1. The van der Waals surface area contributed by atoms with Crippen LogP contribution in [0.3, 0.4) is 0 Å². The number of likely N-dealkylation sites (tertiary alicyclic amines) is 2. The standard InChI is InChI=1S/C37H41N9O2.C2HF3O2/c1-2-48-37(47)46-22-17-30(18-23-46)40-36-39-24-31(27-8-4-3-5-9-27)33(41-36)28-13-11-26(12-14-28)25-45-20-15-29(16-21-45)34-42-35(44-43-34)32-10-6-7-19-38-32;3-2(4,5)1(6)7/h3-14,19,24,29-30H,2,15-18,20-23,25H2,1H3,(H,39,40,41)(H,42,43,44);(H,6,7). The van der Waals surface area contributed by atoms with Crippen LogP contribution >= 0.6 is 0 Å². The topological polar surface area (TPSA) is 162 Å². The van der Waals surface area contributed by atoms with Gasteiger partial charge in [0.15, 0.2) is 5.82 Å². The molecule has 3 N–H and O–H groups in total. The Morgan fingerprint density at radius 2 is 1.58 bits per heavy atom.